The van der Waals surface area contributed by atoms with Crippen LogP contribution >= 0.6 is 11.6 Å². The number of para-hydroxylation sites is 2. The fourth-order valence-electron chi connectivity index (χ4n) is 1.65. The Morgan fingerprint density at radius 1 is 1.14 bits per heavy atom. The normalized spacial score (nSPS) is 9.95. The Labute approximate surface area is 128 Å². The van der Waals surface area contributed by atoms with Crippen LogP contribution in [-0.2, 0) is 0 Å². The lowest BCUT2D eigenvalue weighted by Gasteiger charge is -2.10. The molecule has 21 heavy (non-hydrogen) atoms. The summed E-state index contributed by atoms with van der Waals surface area (Å²) in [6.07, 6.45) is 0. The summed E-state index contributed by atoms with van der Waals surface area (Å²) < 4.78 is 5.47. The number of halogens is 1. The molecule has 0 aromatic heterocycles. The number of ether oxygens (including phenoxy) is 1. The van der Waals surface area contributed by atoms with Crippen LogP contribution in [0.15, 0.2) is 48.5 Å². The lowest BCUT2D eigenvalue weighted by molar-refractivity contribution is 0.247. The topological polar surface area (TPSA) is 76.4 Å². The number of nitrogens with one attached hydrogen (secondary N) is 2. The number of hydrogen-bond donors (Lipinski definition) is 3. The minimum absolute atomic E-state index is 0.304. The molecule has 0 saturated heterocycles. The molecule has 0 atom stereocenters. The molecule has 5 nitrogen and oxygen atoms in total. The predicted octanol–water partition coefficient (Wildman–Crippen LogP) is 3.12. The van der Waals surface area contributed by atoms with Crippen LogP contribution in [0, 0.1) is 0 Å². The van der Waals surface area contributed by atoms with Gasteiger partial charge in [-0.05, 0) is 36.4 Å². The molecule has 2 amide bonds. The van der Waals surface area contributed by atoms with E-state index >= 15 is 0 Å². The smallest absolute Gasteiger partial charge is 0.319 e. The summed E-state index contributed by atoms with van der Waals surface area (Å²) in [5.74, 6) is 0.609. The Morgan fingerprint density at radius 2 is 1.86 bits per heavy atom. The third-order valence-electron chi connectivity index (χ3n) is 2.67. The first-order valence-corrected chi connectivity index (χ1v) is 6.80. The standard InChI is InChI=1S/C15H16ClN3O2/c16-11-5-7-12(8-6-11)19-15(20)18-9-10-21-14-4-2-1-3-13(14)17/h1-8H,9-10,17H2,(H2,18,19,20). The molecule has 0 radical (unpaired) electrons. The molecule has 0 fully saturated rings. The van der Waals surface area contributed by atoms with E-state index in [2.05, 4.69) is 10.6 Å². The van der Waals surface area contributed by atoms with Crippen molar-refractivity contribution in [3.05, 3.63) is 53.6 Å². The first-order chi connectivity index (χ1) is 10.1. The van der Waals surface area contributed by atoms with Gasteiger partial charge in [-0.1, -0.05) is 23.7 Å². The van der Waals surface area contributed by atoms with Gasteiger partial charge in [0.1, 0.15) is 12.4 Å². The molecule has 2 aromatic rings. The zero-order chi connectivity index (χ0) is 15.1. The van der Waals surface area contributed by atoms with Crippen molar-refractivity contribution in [3.8, 4) is 5.75 Å². The maximum Gasteiger partial charge on any atom is 0.319 e. The molecular formula is C15H16ClN3O2. The Balaban J connectivity index is 1.70. The zero-order valence-electron chi connectivity index (χ0n) is 11.3. The number of carbonyl (C=O) groups is 1. The van der Waals surface area contributed by atoms with Crippen molar-refractivity contribution < 1.29 is 9.53 Å². The van der Waals surface area contributed by atoms with E-state index in [-0.39, 0.29) is 6.03 Å². The number of benzene rings is 2. The second-order valence-corrected chi connectivity index (χ2v) is 4.71. The SMILES string of the molecule is Nc1ccccc1OCCNC(=O)Nc1ccc(Cl)cc1. The van der Waals surface area contributed by atoms with Crippen LogP contribution in [0.2, 0.25) is 5.02 Å². The van der Waals surface area contributed by atoms with Crippen molar-refractivity contribution in [2.75, 3.05) is 24.2 Å². The van der Waals surface area contributed by atoms with Crippen LogP contribution in [0.4, 0.5) is 16.2 Å². The van der Waals surface area contributed by atoms with Gasteiger partial charge in [0.25, 0.3) is 0 Å². The first-order valence-electron chi connectivity index (χ1n) is 6.43. The van der Waals surface area contributed by atoms with Crippen LogP contribution in [0.25, 0.3) is 0 Å². The number of nitrogen functional groups attached to an aromatic ring is 1. The fourth-order valence-corrected chi connectivity index (χ4v) is 1.77. The highest BCUT2D eigenvalue weighted by Crippen LogP contribution is 2.19. The number of carbonyl (C=O) groups excluding carboxylic acids is 1. The first kappa shape index (κ1) is 15.0. The minimum atomic E-state index is -0.304. The zero-order valence-corrected chi connectivity index (χ0v) is 12.1. The quantitative estimate of drug-likeness (QED) is 0.587. The Bertz CT molecular complexity index is 602. The van der Waals surface area contributed by atoms with Crippen molar-refractivity contribution in [3.63, 3.8) is 0 Å². The molecule has 0 heterocycles. The summed E-state index contributed by atoms with van der Waals surface area (Å²) in [4.78, 5) is 11.6. The van der Waals surface area contributed by atoms with Gasteiger partial charge in [0.2, 0.25) is 0 Å². The van der Waals surface area contributed by atoms with E-state index < -0.39 is 0 Å². The maximum atomic E-state index is 11.6. The van der Waals surface area contributed by atoms with Gasteiger partial charge in [0.05, 0.1) is 12.2 Å². The number of hydrogen-bond acceptors (Lipinski definition) is 3. The van der Waals surface area contributed by atoms with E-state index in [4.69, 9.17) is 22.1 Å². The number of amides is 2. The molecule has 0 spiro atoms. The van der Waals surface area contributed by atoms with Gasteiger partial charge in [-0.3, -0.25) is 0 Å². The lowest BCUT2D eigenvalue weighted by atomic mass is 10.3. The summed E-state index contributed by atoms with van der Waals surface area (Å²) >= 11 is 5.77. The summed E-state index contributed by atoms with van der Waals surface area (Å²) in [6, 6.07) is 13.8. The third-order valence-corrected chi connectivity index (χ3v) is 2.92. The summed E-state index contributed by atoms with van der Waals surface area (Å²) in [5.41, 5.74) is 6.99. The number of nitrogens with two attached hydrogens (primary N) is 1. The van der Waals surface area contributed by atoms with Gasteiger partial charge in [0, 0.05) is 10.7 Å². The molecular weight excluding hydrogens is 290 g/mol. The van der Waals surface area contributed by atoms with Crippen LogP contribution in [0.1, 0.15) is 0 Å². The second-order valence-electron chi connectivity index (χ2n) is 4.27. The Kier molecular flexibility index (Phi) is 5.29. The van der Waals surface area contributed by atoms with Crippen molar-refractivity contribution in [1.29, 1.82) is 0 Å². The average molecular weight is 306 g/mol. The summed E-state index contributed by atoms with van der Waals surface area (Å²) in [6.45, 7) is 0.704. The summed E-state index contributed by atoms with van der Waals surface area (Å²) in [7, 11) is 0. The largest absolute Gasteiger partial charge is 0.490 e. The minimum Gasteiger partial charge on any atom is -0.490 e. The van der Waals surface area contributed by atoms with Gasteiger partial charge in [0.15, 0.2) is 0 Å². The predicted molar refractivity (Wildman–Crippen MR) is 84.8 cm³/mol. The van der Waals surface area contributed by atoms with Crippen LogP contribution < -0.4 is 21.1 Å². The van der Waals surface area contributed by atoms with Gasteiger partial charge in [-0.2, -0.15) is 0 Å². The molecule has 0 saturated carbocycles. The lowest BCUT2D eigenvalue weighted by Crippen LogP contribution is -2.32. The van der Waals surface area contributed by atoms with Crippen molar-refractivity contribution >= 4 is 29.0 Å². The molecule has 110 valence electrons. The highest BCUT2D eigenvalue weighted by Gasteiger charge is 2.02. The maximum absolute atomic E-state index is 11.6. The van der Waals surface area contributed by atoms with Gasteiger partial charge >= 0.3 is 6.03 Å². The van der Waals surface area contributed by atoms with Crippen LogP contribution in [0.5, 0.6) is 5.75 Å². The molecule has 0 aliphatic rings. The molecule has 2 aromatic carbocycles. The molecule has 6 heteroatoms. The molecule has 0 aliphatic heterocycles. The average Bonchev–Trinajstić information content (AvgIpc) is 2.48. The van der Waals surface area contributed by atoms with E-state index in [1.165, 1.54) is 0 Å². The van der Waals surface area contributed by atoms with E-state index in [9.17, 15) is 4.79 Å². The molecule has 0 bridgehead atoms. The van der Waals surface area contributed by atoms with E-state index in [1.54, 1.807) is 36.4 Å². The van der Waals surface area contributed by atoms with Crippen molar-refractivity contribution in [2.45, 2.75) is 0 Å². The van der Waals surface area contributed by atoms with E-state index in [0.717, 1.165) is 0 Å². The van der Waals surface area contributed by atoms with Crippen LogP contribution in [-0.4, -0.2) is 19.2 Å². The van der Waals surface area contributed by atoms with Crippen LogP contribution in [0.3, 0.4) is 0 Å². The van der Waals surface area contributed by atoms with Gasteiger partial charge in [-0.15, -0.1) is 0 Å². The second kappa shape index (κ2) is 7.40. The number of rotatable bonds is 5. The molecule has 4 N–H and O–H groups in total. The van der Waals surface area contributed by atoms with E-state index in [0.29, 0.717) is 35.3 Å². The van der Waals surface area contributed by atoms with Crippen molar-refractivity contribution in [1.82, 2.24) is 5.32 Å². The van der Waals surface area contributed by atoms with Gasteiger partial charge < -0.3 is 21.1 Å². The monoisotopic (exact) mass is 305 g/mol. The Morgan fingerprint density at radius 3 is 2.57 bits per heavy atom. The highest BCUT2D eigenvalue weighted by molar-refractivity contribution is 6.30. The molecule has 0 aliphatic carbocycles. The van der Waals surface area contributed by atoms with Gasteiger partial charge in [-0.25, -0.2) is 4.79 Å². The molecule has 2 rings (SSSR count). The van der Waals surface area contributed by atoms with E-state index in [1.807, 2.05) is 12.1 Å². The van der Waals surface area contributed by atoms with Crippen molar-refractivity contribution in [2.24, 2.45) is 0 Å². The number of anilines is 2. The summed E-state index contributed by atoms with van der Waals surface area (Å²) in [5, 5.41) is 6.00. The Hall–Kier alpha value is -2.40. The fraction of sp³-hybridized carbons (Fsp3) is 0.133. The highest BCUT2D eigenvalue weighted by atomic mass is 35.5. The molecule has 0 unspecified atom stereocenters. The number of urea groups is 1. The third kappa shape index (κ3) is 4.89.